The first kappa shape index (κ1) is 19.2. The fraction of sp³-hybridized carbons (Fsp3) is 0.588. The van der Waals surface area contributed by atoms with Crippen molar-refractivity contribution in [2.24, 2.45) is 5.73 Å². The van der Waals surface area contributed by atoms with Gasteiger partial charge >= 0.3 is 6.09 Å². The van der Waals surface area contributed by atoms with Crippen molar-refractivity contribution in [3.63, 3.8) is 0 Å². The van der Waals surface area contributed by atoms with Crippen LogP contribution in [-0.2, 0) is 4.74 Å². The van der Waals surface area contributed by atoms with Crippen molar-refractivity contribution < 1.29 is 13.9 Å². The molecule has 5 nitrogen and oxygen atoms in total. The van der Waals surface area contributed by atoms with Gasteiger partial charge in [-0.15, -0.1) is 0 Å². The lowest BCUT2D eigenvalue weighted by molar-refractivity contribution is 0.0526. The van der Waals surface area contributed by atoms with Gasteiger partial charge in [0.25, 0.3) is 0 Å². The minimum atomic E-state index is -0.513. The molecule has 3 N–H and O–H groups in total. The predicted molar refractivity (Wildman–Crippen MR) is 91.1 cm³/mol. The van der Waals surface area contributed by atoms with Crippen molar-refractivity contribution in [3.8, 4) is 0 Å². The average Bonchev–Trinajstić information content (AvgIpc) is 2.46. The quantitative estimate of drug-likeness (QED) is 0.809. The van der Waals surface area contributed by atoms with Gasteiger partial charge in [0, 0.05) is 31.4 Å². The summed E-state index contributed by atoms with van der Waals surface area (Å²) in [7, 11) is 0. The van der Waals surface area contributed by atoms with E-state index in [1.807, 2.05) is 27.7 Å². The van der Waals surface area contributed by atoms with E-state index < -0.39 is 11.7 Å². The Kier molecular flexibility index (Phi) is 7.29. The lowest BCUT2D eigenvalue weighted by atomic mass is 10.1. The molecule has 0 aliphatic rings. The molecular formula is C17H28FN3O2. The van der Waals surface area contributed by atoms with E-state index in [0.29, 0.717) is 19.5 Å². The van der Waals surface area contributed by atoms with E-state index in [9.17, 15) is 9.18 Å². The third-order valence-electron chi connectivity index (χ3n) is 3.36. The number of nitrogens with zero attached hydrogens (tertiary/aromatic N) is 1. The number of carbonyl (C=O) groups is 1. The van der Waals surface area contributed by atoms with Gasteiger partial charge in [0.15, 0.2) is 0 Å². The lowest BCUT2D eigenvalue weighted by Crippen LogP contribution is -2.43. The summed E-state index contributed by atoms with van der Waals surface area (Å²) in [6, 6.07) is 6.40. The molecule has 130 valence electrons. The summed E-state index contributed by atoms with van der Waals surface area (Å²) in [5.41, 5.74) is 6.28. The third kappa shape index (κ3) is 6.86. The zero-order chi connectivity index (χ0) is 17.5. The van der Waals surface area contributed by atoms with Crippen LogP contribution in [-0.4, -0.2) is 37.4 Å². The minimum Gasteiger partial charge on any atom is -0.444 e. The van der Waals surface area contributed by atoms with Crippen molar-refractivity contribution >= 4 is 11.8 Å². The molecule has 23 heavy (non-hydrogen) atoms. The molecule has 1 atom stereocenters. The van der Waals surface area contributed by atoms with Crippen molar-refractivity contribution in [2.75, 3.05) is 24.5 Å². The molecule has 1 aromatic rings. The second-order valence-electron chi connectivity index (χ2n) is 6.37. The Labute approximate surface area is 138 Å². The number of benzene rings is 1. The Hall–Kier alpha value is -1.82. The molecule has 0 fully saturated rings. The fourth-order valence-corrected chi connectivity index (χ4v) is 2.34. The van der Waals surface area contributed by atoms with Crippen LogP contribution in [0, 0.1) is 5.82 Å². The molecule has 1 unspecified atom stereocenters. The molecule has 0 aliphatic carbocycles. The van der Waals surface area contributed by atoms with Gasteiger partial charge in [-0.25, -0.2) is 9.18 Å². The van der Waals surface area contributed by atoms with Crippen LogP contribution in [0.15, 0.2) is 24.3 Å². The lowest BCUT2D eigenvalue weighted by Gasteiger charge is -2.32. The van der Waals surface area contributed by atoms with Crippen LogP contribution in [0.25, 0.3) is 0 Å². The van der Waals surface area contributed by atoms with Crippen LogP contribution >= 0.6 is 0 Å². The van der Waals surface area contributed by atoms with E-state index in [1.54, 1.807) is 12.1 Å². The second-order valence-corrected chi connectivity index (χ2v) is 6.37. The summed E-state index contributed by atoms with van der Waals surface area (Å²) in [4.78, 5) is 13.8. The van der Waals surface area contributed by atoms with Crippen LogP contribution in [0.4, 0.5) is 14.9 Å². The number of hydrogen-bond acceptors (Lipinski definition) is 4. The maximum atomic E-state index is 13.1. The number of alkyl carbamates (subject to hydrolysis) is 1. The molecule has 0 saturated heterocycles. The highest BCUT2D eigenvalue weighted by Gasteiger charge is 2.18. The number of halogens is 1. The average molecular weight is 325 g/mol. The molecule has 0 heterocycles. The first-order valence-electron chi connectivity index (χ1n) is 7.96. The molecule has 1 amide bonds. The third-order valence-corrected chi connectivity index (χ3v) is 3.36. The number of rotatable bonds is 7. The van der Waals surface area contributed by atoms with Gasteiger partial charge in [-0.1, -0.05) is 0 Å². The molecule has 0 saturated carbocycles. The summed E-state index contributed by atoms with van der Waals surface area (Å²) < 4.78 is 18.3. The van der Waals surface area contributed by atoms with E-state index in [4.69, 9.17) is 10.5 Å². The number of likely N-dealkylation sites (N-methyl/N-ethyl adjacent to an activating group) is 1. The number of amides is 1. The van der Waals surface area contributed by atoms with Crippen LogP contribution in [0.1, 0.15) is 34.1 Å². The number of hydrogen-bond donors (Lipinski definition) is 2. The number of nitrogens with two attached hydrogens (primary N) is 1. The monoisotopic (exact) mass is 325 g/mol. The molecule has 0 radical (unpaired) electrons. The summed E-state index contributed by atoms with van der Waals surface area (Å²) >= 11 is 0. The maximum Gasteiger partial charge on any atom is 0.407 e. The van der Waals surface area contributed by atoms with Gasteiger partial charge in [-0.3, -0.25) is 0 Å². The SMILES string of the molecule is CCN(c1ccc(F)cc1)C(CN)CCNC(=O)OC(C)(C)C. The summed E-state index contributed by atoms with van der Waals surface area (Å²) in [6.07, 6.45) is 0.249. The highest BCUT2D eigenvalue weighted by Crippen LogP contribution is 2.18. The maximum absolute atomic E-state index is 13.1. The highest BCUT2D eigenvalue weighted by molar-refractivity contribution is 5.67. The van der Waals surface area contributed by atoms with Gasteiger partial charge in [0.05, 0.1) is 0 Å². The molecule has 0 aromatic heterocycles. The van der Waals surface area contributed by atoms with Crippen LogP contribution < -0.4 is 16.0 Å². The van der Waals surface area contributed by atoms with E-state index >= 15 is 0 Å². The summed E-state index contributed by atoms with van der Waals surface area (Å²) in [6.45, 7) is 9.15. The topological polar surface area (TPSA) is 67.6 Å². The Morgan fingerprint density at radius 2 is 1.96 bits per heavy atom. The molecule has 1 aromatic carbocycles. The fourth-order valence-electron chi connectivity index (χ4n) is 2.34. The van der Waals surface area contributed by atoms with Crippen LogP contribution in [0.3, 0.4) is 0 Å². The Bertz CT molecular complexity index is 486. The van der Waals surface area contributed by atoms with Gasteiger partial charge in [-0.2, -0.15) is 0 Å². The predicted octanol–water partition coefficient (Wildman–Crippen LogP) is 2.89. The van der Waals surface area contributed by atoms with Crippen molar-refractivity contribution in [3.05, 3.63) is 30.1 Å². The van der Waals surface area contributed by atoms with E-state index in [0.717, 1.165) is 12.2 Å². The largest absolute Gasteiger partial charge is 0.444 e. The van der Waals surface area contributed by atoms with Crippen LogP contribution in [0.5, 0.6) is 0 Å². The Balaban J connectivity index is 2.57. The standard InChI is InChI=1S/C17H28FN3O2/c1-5-21(14-8-6-13(18)7-9-14)15(12-19)10-11-20-16(22)23-17(2,3)4/h6-9,15H,5,10-12,19H2,1-4H3,(H,20,22). The molecule has 0 spiro atoms. The smallest absolute Gasteiger partial charge is 0.407 e. The number of nitrogens with one attached hydrogen (secondary N) is 1. The van der Waals surface area contributed by atoms with Crippen LogP contribution in [0.2, 0.25) is 0 Å². The first-order chi connectivity index (χ1) is 10.8. The Morgan fingerprint density at radius 3 is 2.43 bits per heavy atom. The Morgan fingerprint density at radius 1 is 1.35 bits per heavy atom. The summed E-state index contributed by atoms with van der Waals surface area (Å²) in [5, 5.41) is 2.74. The molecular weight excluding hydrogens is 297 g/mol. The van der Waals surface area contributed by atoms with Crippen molar-refractivity contribution in [2.45, 2.75) is 45.8 Å². The minimum absolute atomic E-state index is 0.0559. The van der Waals surface area contributed by atoms with E-state index in [1.165, 1.54) is 12.1 Å². The van der Waals surface area contributed by atoms with Crippen molar-refractivity contribution in [1.82, 2.24) is 5.32 Å². The van der Waals surface area contributed by atoms with Gasteiger partial charge in [-0.05, 0) is 58.4 Å². The number of ether oxygens (including phenoxy) is 1. The van der Waals surface area contributed by atoms with Gasteiger partial charge in [0.2, 0.25) is 0 Å². The van der Waals surface area contributed by atoms with Gasteiger partial charge < -0.3 is 20.7 Å². The summed E-state index contributed by atoms with van der Waals surface area (Å²) in [5.74, 6) is -0.263. The highest BCUT2D eigenvalue weighted by atomic mass is 19.1. The molecule has 1 rings (SSSR count). The van der Waals surface area contributed by atoms with Crippen molar-refractivity contribution in [1.29, 1.82) is 0 Å². The zero-order valence-corrected chi connectivity index (χ0v) is 14.4. The molecule has 0 aliphatic heterocycles. The second kappa shape index (κ2) is 8.72. The van der Waals surface area contributed by atoms with Gasteiger partial charge in [0.1, 0.15) is 11.4 Å². The molecule has 0 bridgehead atoms. The number of carbonyl (C=O) groups excluding carboxylic acids is 1. The molecule has 6 heteroatoms. The number of anilines is 1. The van der Waals surface area contributed by atoms with E-state index in [2.05, 4.69) is 10.2 Å². The zero-order valence-electron chi connectivity index (χ0n) is 14.4. The first-order valence-corrected chi connectivity index (χ1v) is 7.96. The normalized spacial score (nSPS) is 12.6. The van der Waals surface area contributed by atoms with E-state index in [-0.39, 0.29) is 11.9 Å².